The van der Waals surface area contributed by atoms with Crippen molar-refractivity contribution in [2.45, 2.75) is 31.7 Å². The van der Waals surface area contributed by atoms with E-state index in [0.717, 1.165) is 38.8 Å². The fourth-order valence-corrected chi connectivity index (χ4v) is 4.03. The van der Waals surface area contributed by atoms with Crippen molar-refractivity contribution in [2.24, 2.45) is 5.92 Å². The molecule has 1 amide bonds. The molecular weight excluding hydrogens is 449 g/mol. The van der Waals surface area contributed by atoms with E-state index in [1.165, 1.54) is 19.5 Å². The molecule has 1 saturated carbocycles. The SMILES string of the molecule is COc1cc(OCC2CC2)c(-c2ncnc3c(C(=O)NC4CCNCC4)c[nH]c23)cc1F.Cl. The Morgan fingerprint density at radius 1 is 1.18 bits per heavy atom. The number of piperidine rings is 1. The van der Waals surface area contributed by atoms with E-state index >= 15 is 0 Å². The fraction of sp³-hybridized carbons (Fsp3) is 0.435. The lowest BCUT2D eigenvalue weighted by molar-refractivity contribution is 0.0931. The van der Waals surface area contributed by atoms with Crippen LogP contribution < -0.4 is 20.1 Å². The summed E-state index contributed by atoms with van der Waals surface area (Å²) in [5, 5.41) is 6.37. The second-order valence-corrected chi connectivity index (χ2v) is 8.38. The molecule has 0 atom stereocenters. The molecule has 2 aliphatic rings. The third-order valence-corrected chi connectivity index (χ3v) is 6.06. The first-order chi connectivity index (χ1) is 15.6. The molecule has 2 fully saturated rings. The number of methoxy groups -OCH3 is 1. The molecule has 5 rings (SSSR count). The van der Waals surface area contributed by atoms with Gasteiger partial charge >= 0.3 is 0 Å². The highest BCUT2D eigenvalue weighted by Gasteiger charge is 2.25. The minimum absolute atomic E-state index is 0. The lowest BCUT2D eigenvalue weighted by atomic mass is 10.1. The summed E-state index contributed by atoms with van der Waals surface area (Å²) in [5.41, 5.74) is 2.46. The van der Waals surface area contributed by atoms with Gasteiger partial charge in [-0.05, 0) is 50.8 Å². The van der Waals surface area contributed by atoms with Gasteiger partial charge in [-0.25, -0.2) is 14.4 Å². The van der Waals surface area contributed by atoms with Gasteiger partial charge in [-0.15, -0.1) is 12.4 Å². The molecule has 3 N–H and O–H groups in total. The molecule has 1 aliphatic carbocycles. The van der Waals surface area contributed by atoms with Crippen LogP contribution in [0.15, 0.2) is 24.7 Å². The van der Waals surface area contributed by atoms with Crippen LogP contribution in [0.3, 0.4) is 0 Å². The molecule has 0 bridgehead atoms. The number of aromatic nitrogens is 3. The first-order valence-corrected chi connectivity index (χ1v) is 11.0. The van der Waals surface area contributed by atoms with Gasteiger partial charge in [-0.3, -0.25) is 4.79 Å². The summed E-state index contributed by atoms with van der Waals surface area (Å²) in [6.07, 6.45) is 7.07. The minimum Gasteiger partial charge on any atom is -0.494 e. The van der Waals surface area contributed by atoms with Crippen molar-refractivity contribution in [3.63, 3.8) is 0 Å². The molecule has 8 nitrogen and oxygen atoms in total. The summed E-state index contributed by atoms with van der Waals surface area (Å²) in [6, 6.07) is 3.04. The smallest absolute Gasteiger partial charge is 0.255 e. The molecule has 176 valence electrons. The summed E-state index contributed by atoms with van der Waals surface area (Å²) in [6.45, 7) is 2.33. The third-order valence-electron chi connectivity index (χ3n) is 6.06. The van der Waals surface area contributed by atoms with Gasteiger partial charge in [0.1, 0.15) is 23.3 Å². The maximum atomic E-state index is 14.6. The average molecular weight is 476 g/mol. The zero-order valence-electron chi connectivity index (χ0n) is 18.3. The van der Waals surface area contributed by atoms with E-state index < -0.39 is 5.82 Å². The topological polar surface area (TPSA) is 101 Å². The van der Waals surface area contributed by atoms with E-state index in [1.54, 1.807) is 12.3 Å². The monoisotopic (exact) mass is 475 g/mol. The summed E-state index contributed by atoms with van der Waals surface area (Å²) in [7, 11) is 1.42. The van der Waals surface area contributed by atoms with Gasteiger partial charge < -0.3 is 25.1 Å². The fourth-order valence-electron chi connectivity index (χ4n) is 4.03. The molecule has 1 saturated heterocycles. The molecule has 3 aromatic rings. The lowest BCUT2D eigenvalue weighted by Gasteiger charge is -2.23. The number of H-pyrrole nitrogens is 1. The van der Waals surface area contributed by atoms with Crippen LogP contribution in [0, 0.1) is 11.7 Å². The standard InChI is InChI=1S/C23H26FN5O3.ClH/c1-31-19-9-18(32-11-13-2-3-13)15(8-17(19)24)20-22-21(28-12-27-20)16(10-26-22)23(30)29-14-4-6-25-7-5-14;/h8-10,12-14,25-26H,2-7,11H2,1H3,(H,29,30);1H. The number of hydrogen-bond donors (Lipinski definition) is 3. The van der Waals surface area contributed by atoms with Gasteiger partial charge in [-0.2, -0.15) is 0 Å². The van der Waals surface area contributed by atoms with E-state index in [9.17, 15) is 9.18 Å². The van der Waals surface area contributed by atoms with Gasteiger partial charge in [0.05, 0.1) is 24.8 Å². The molecule has 1 aromatic carbocycles. The summed E-state index contributed by atoms with van der Waals surface area (Å²) >= 11 is 0. The number of fused-ring (bicyclic) bond motifs is 1. The molecule has 0 unspecified atom stereocenters. The number of nitrogens with zero attached hydrogens (tertiary/aromatic N) is 2. The van der Waals surface area contributed by atoms with E-state index in [-0.39, 0.29) is 30.1 Å². The van der Waals surface area contributed by atoms with Gasteiger partial charge in [0.15, 0.2) is 11.6 Å². The molecule has 0 spiro atoms. The number of aromatic amines is 1. The van der Waals surface area contributed by atoms with Crippen molar-refractivity contribution in [2.75, 3.05) is 26.8 Å². The first-order valence-electron chi connectivity index (χ1n) is 11.0. The number of ether oxygens (including phenoxy) is 2. The number of hydrogen-bond acceptors (Lipinski definition) is 6. The Balaban J connectivity index is 0.00000259. The Bertz CT molecular complexity index is 1140. The van der Waals surface area contributed by atoms with Crippen LogP contribution in [0.25, 0.3) is 22.3 Å². The van der Waals surface area contributed by atoms with Gasteiger partial charge in [0.25, 0.3) is 5.91 Å². The van der Waals surface area contributed by atoms with E-state index in [2.05, 4.69) is 25.6 Å². The van der Waals surface area contributed by atoms with Crippen molar-refractivity contribution in [3.8, 4) is 22.8 Å². The Kier molecular flexibility index (Phi) is 6.99. The van der Waals surface area contributed by atoms with Crippen molar-refractivity contribution >= 4 is 29.3 Å². The second-order valence-electron chi connectivity index (χ2n) is 8.38. The highest BCUT2D eigenvalue weighted by Crippen LogP contribution is 2.39. The van der Waals surface area contributed by atoms with Crippen LogP contribution in [0.2, 0.25) is 0 Å². The van der Waals surface area contributed by atoms with E-state index in [1.807, 2.05) is 0 Å². The lowest BCUT2D eigenvalue weighted by Crippen LogP contribution is -2.42. The van der Waals surface area contributed by atoms with Crippen LogP contribution in [-0.2, 0) is 0 Å². The highest BCUT2D eigenvalue weighted by atomic mass is 35.5. The second kappa shape index (κ2) is 9.93. The quantitative estimate of drug-likeness (QED) is 0.483. The van der Waals surface area contributed by atoms with Crippen LogP contribution in [0.4, 0.5) is 4.39 Å². The zero-order chi connectivity index (χ0) is 22.1. The summed E-state index contributed by atoms with van der Waals surface area (Å²) in [5.74, 6) is 0.436. The first kappa shape index (κ1) is 23.3. The van der Waals surface area contributed by atoms with E-state index in [4.69, 9.17) is 9.47 Å². The molecule has 2 aromatic heterocycles. The number of carbonyl (C=O) groups excluding carboxylic acids is 1. The molecule has 1 aliphatic heterocycles. The van der Waals surface area contributed by atoms with Crippen molar-refractivity contribution < 1.29 is 18.7 Å². The number of nitrogens with one attached hydrogen (secondary N) is 3. The van der Waals surface area contributed by atoms with Crippen LogP contribution in [0.5, 0.6) is 11.5 Å². The molecule has 3 heterocycles. The third kappa shape index (κ3) is 4.89. The van der Waals surface area contributed by atoms with Crippen LogP contribution >= 0.6 is 12.4 Å². The zero-order valence-corrected chi connectivity index (χ0v) is 19.1. The van der Waals surface area contributed by atoms with Crippen molar-refractivity contribution in [3.05, 3.63) is 36.0 Å². The maximum absolute atomic E-state index is 14.6. The Hall–Kier alpha value is -2.91. The number of benzene rings is 1. The largest absolute Gasteiger partial charge is 0.494 e. The number of carbonyl (C=O) groups is 1. The Labute approximate surface area is 197 Å². The van der Waals surface area contributed by atoms with Crippen LogP contribution in [0.1, 0.15) is 36.0 Å². The summed E-state index contributed by atoms with van der Waals surface area (Å²) < 4.78 is 25.8. The maximum Gasteiger partial charge on any atom is 0.255 e. The van der Waals surface area contributed by atoms with Gasteiger partial charge in [0.2, 0.25) is 0 Å². The average Bonchev–Trinajstić information content (AvgIpc) is 3.54. The van der Waals surface area contributed by atoms with E-state index in [0.29, 0.717) is 46.1 Å². The van der Waals surface area contributed by atoms with Crippen LogP contribution in [-0.4, -0.2) is 53.7 Å². The normalized spacial score (nSPS) is 16.3. The highest BCUT2D eigenvalue weighted by molar-refractivity contribution is 6.08. The number of halogens is 2. The minimum atomic E-state index is -0.511. The Morgan fingerprint density at radius 3 is 2.70 bits per heavy atom. The van der Waals surface area contributed by atoms with Gasteiger partial charge in [-0.1, -0.05) is 0 Å². The number of amides is 1. The van der Waals surface area contributed by atoms with Gasteiger partial charge in [0, 0.05) is 23.9 Å². The van der Waals surface area contributed by atoms with Crippen molar-refractivity contribution in [1.29, 1.82) is 0 Å². The molecule has 0 radical (unpaired) electrons. The molecule has 10 heteroatoms. The molecular formula is C23H27ClFN5O3. The molecule has 33 heavy (non-hydrogen) atoms. The summed E-state index contributed by atoms with van der Waals surface area (Å²) in [4.78, 5) is 24.8. The predicted molar refractivity (Wildman–Crippen MR) is 125 cm³/mol. The number of rotatable bonds is 7. The van der Waals surface area contributed by atoms with Crippen molar-refractivity contribution in [1.82, 2.24) is 25.6 Å². The predicted octanol–water partition coefficient (Wildman–Crippen LogP) is 3.47. The Morgan fingerprint density at radius 2 is 1.97 bits per heavy atom.